The molecule has 0 radical (unpaired) electrons. The molecule has 5 nitrogen and oxygen atoms in total. The molecule has 3 rings (SSSR count). The maximum atomic E-state index is 12.5. The molecule has 0 N–H and O–H groups in total. The van der Waals surface area contributed by atoms with Crippen LogP contribution in [-0.2, 0) is 22.6 Å². The van der Waals surface area contributed by atoms with E-state index in [2.05, 4.69) is 29.2 Å². The monoisotopic (exact) mass is 342 g/mol. The number of ether oxygens (including phenoxy) is 1. The highest BCUT2D eigenvalue weighted by molar-refractivity contribution is 5.76. The van der Waals surface area contributed by atoms with Crippen molar-refractivity contribution < 1.29 is 13.9 Å². The number of morpholine rings is 1. The number of nitrogens with zero attached hydrogens (tertiary/aromatic N) is 2. The Kier molecular flexibility index (Phi) is 5.89. The third-order valence-corrected chi connectivity index (χ3v) is 4.49. The molecular formula is C20H26N2O3. The second-order valence-electron chi connectivity index (χ2n) is 6.68. The van der Waals surface area contributed by atoms with Gasteiger partial charge in [0.2, 0.25) is 5.91 Å². The number of amides is 1. The van der Waals surface area contributed by atoms with Gasteiger partial charge in [-0.05, 0) is 24.6 Å². The topological polar surface area (TPSA) is 45.9 Å². The van der Waals surface area contributed by atoms with Crippen molar-refractivity contribution in [1.82, 2.24) is 9.80 Å². The maximum absolute atomic E-state index is 12.5. The molecule has 1 aliphatic heterocycles. The predicted octanol–water partition coefficient (Wildman–Crippen LogP) is 2.84. The molecule has 1 aromatic carbocycles. The first-order valence-corrected chi connectivity index (χ1v) is 8.77. The summed E-state index contributed by atoms with van der Waals surface area (Å²) in [5, 5.41) is 0. The minimum atomic E-state index is -0.0502. The summed E-state index contributed by atoms with van der Waals surface area (Å²) >= 11 is 0. The third kappa shape index (κ3) is 5.18. The van der Waals surface area contributed by atoms with Crippen LogP contribution in [0.1, 0.15) is 23.5 Å². The first-order valence-electron chi connectivity index (χ1n) is 8.77. The fourth-order valence-electron chi connectivity index (χ4n) is 3.13. The SMILES string of the molecule is Cc1ccc(CN(C)C(=O)C[C@H]2CN(Cc3ccccc3)CCO2)o1. The van der Waals surface area contributed by atoms with E-state index in [9.17, 15) is 4.79 Å². The summed E-state index contributed by atoms with van der Waals surface area (Å²) in [4.78, 5) is 16.5. The van der Waals surface area contributed by atoms with E-state index in [0.717, 1.165) is 31.2 Å². The van der Waals surface area contributed by atoms with E-state index >= 15 is 0 Å². The van der Waals surface area contributed by atoms with Crippen molar-refractivity contribution in [3.05, 3.63) is 59.5 Å². The van der Waals surface area contributed by atoms with Gasteiger partial charge in [-0.25, -0.2) is 0 Å². The molecular weight excluding hydrogens is 316 g/mol. The molecule has 0 spiro atoms. The molecule has 1 aromatic heterocycles. The minimum absolute atomic E-state index is 0.0502. The Morgan fingerprint density at radius 3 is 2.76 bits per heavy atom. The summed E-state index contributed by atoms with van der Waals surface area (Å²) in [7, 11) is 1.81. The molecule has 0 unspecified atom stereocenters. The van der Waals surface area contributed by atoms with Gasteiger partial charge in [0.1, 0.15) is 11.5 Å². The van der Waals surface area contributed by atoms with E-state index in [0.29, 0.717) is 19.6 Å². The Morgan fingerprint density at radius 2 is 2.04 bits per heavy atom. The van der Waals surface area contributed by atoms with Crippen molar-refractivity contribution >= 4 is 5.91 Å². The Labute approximate surface area is 149 Å². The molecule has 2 heterocycles. The molecule has 1 amide bonds. The number of aryl methyl sites for hydroxylation is 1. The standard InChI is InChI=1S/C20H26N2O3/c1-16-8-9-18(25-16)14-21(2)20(23)12-19-15-22(10-11-24-19)13-17-6-4-3-5-7-17/h3-9,19H,10-15H2,1-2H3/t19-/m0/s1. The van der Waals surface area contributed by atoms with Crippen LogP contribution in [0.2, 0.25) is 0 Å². The first-order chi connectivity index (χ1) is 12.1. The molecule has 1 atom stereocenters. The van der Waals surface area contributed by atoms with Gasteiger partial charge in [0.05, 0.1) is 25.7 Å². The summed E-state index contributed by atoms with van der Waals surface area (Å²) in [6.45, 7) is 5.66. The molecule has 1 fully saturated rings. The quantitative estimate of drug-likeness (QED) is 0.810. The van der Waals surface area contributed by atoms with Gasteiger partial charge >= 0.3 is 0 Å². The van der Waals surface area contributed by atoms with E-state index < -0.39 is 0 Å². The summed E-state index contributed by atoms with van der Waals surface area (Å²) < 4.78 is 11.4. The predicted molar refractivity (Wildman–Crippen MR) is 96.0 cm³/mol. The van der Waals surface area contributed by atoms with Gasteiger partial charge in [-0.3, -0.25) is 9.69 Å². The van der Waals surface area contributed by atoms with Crippen LogP contribution >= 0.6 is 0 Å². The van der Waals surface area contributed by atoms with Crippen LogP contribution in [0.5, 0.6) is 0 Å². The number of rotatable bonds is 6. The fourth-order valence-corrected chi connectivity index (χ4v) is 3.13. The van der Waals surface area contributed by atoms with Crippen LogP contribution < -0.4 is 0 Å². The lowest BCUT2D eigenvalue weighted by Crippen LogP contribution is -2.44. The zero-order valence-electron chi connectivity index (χ0n) is 15.0. The summed E-state index contributed by atoms with van der Waals surface area (Å²) in [6, 6.07) is 14.2. The fraction of sp³-hybridized carbons (Fsp3) is 0.450. The highest BCUT2D eigenvalue weighted by atomic mass is 16.5. The number of hydrogen-bond acceptors (Lipinski definition) is 4. The van der Waals surface area contributed by atoms with Gasteiger partial charge in [-0.2, -0.15) is 0 Å². The molecule has 0 aliphatic carbocycles. The van der Waals surface area contributed by atoms with Crippen LogP contribution in [0.15, 0.2) is 46.9 Å². The van der Waals surface area contributed by atoms with E-state index in [4.69, 9.17) is 9.15 Å². The van der Waals surface area contributed by atoms with Crippen molar-refractivity contribution in [2.24, 2.45) is 0 Å². The maximum Gasteiger partial charge on any atom is 0.225 e. The number of carbonyl (C=O) groups excluding carboxylic acids is 1. The first kappa shape index (κ1) is 17.7. The summed E-state index contributed by atoms with van der Waals surface area (Å²) in [5.74, 6) is 1.76. The number of benzene rings is 1. The molecule has 0 saturated carbocycles. The van der Waals surface area contributed by atoms with Crippen molar-refractivity contribution in [3.63, 3.8) is 0 Å². The zero-order chi connectivity index (χ0) is 17.6. The molecule has 2 aromatic rings. The van der Waals surface area contributed by atoms with E-state index in [1.807, 2.05) is 32.2 Å². The van der Waals surface area contributed by atoms with Crippen molar-refractivity contribution in [1.29, 1.82) is 0 Å². The Balaban J connectivity index is 1.48. The van der Waals surface area contributed by atoms with Crippen LogP contribution in [0.25, 0.3) is 0 Å². The average Bonchev–Trinajstić information content (AvgIpc) is 3.01. The molecule has 0 bridgehead atoms. The molecule has 134 valence electrons. The Bertz CT molecular complexity index is 683. The van der Waals surface area contributed by atoms with E-state index in [-0.39, 0.29) is 12.0 Å². The average molecular weight is 342 g/mol. The second kappa shape index (κ2) is 8.32. The normalized spacial score (nSPS) is 18.2. The largest absolute Gasteiger partial charge is 0.464 e. The molecule has 25 heavy (non-hydrogen) atoms. The van der Waals surface area contributed by atoms with Crippen molar-refractivity contribution in [2.45, 2.75) is 32.5 Å². The van der Waals surface area contributed by atoms with Gasteiger partial charge in [-0.15, -0.1) is 0 Å². The van der Waals surface area contributed by atoms with Gasteiger partial charge in [0.15, 0.2) is 0 Å². The zero-order valence-corrected chi connectivity index (χ0v) is 15.0. The lowest BCUT2D eigenvalue weighted by atomic mass is 10.1. The van der Waals surface area contributed by atoms with E-state index in [1.165, 1.54) is 5.56 Å². The van der Waals surface area contributed by atoms with Crippen LogP contribution in [0, 0.1) is 6.92 Å². The summed E-state index contributed by atoms with van der Waals surface area (Å²) in [5.41, 5.74) is 1.29. The van der Waals surface area contributed by atoms with E-state index in [1.54, 1.807) is 4.90 Å². The Hall–Kier alpha value is -2.11. The van der Waals surface area contributed by atoms with Gasteiger partial charge < -0.3 is 14.1 Å². The van der Waals surface area contributed by atoms with Crippen molar-refractivity contribution in [3.8, 4) is 0 Å². The van der Waals surface area contributed by atoms with Crippen LogP contribution in [-0.4, -0.2) is 48.6 Å². The van der Waals surface area contributed by atoms with Crippen molar-refractivity contribution in [2.75, 3.05) is 26.7 Å². The lowest BCUT2D eigenvalue weighted by Gasteiger charge is -2.33. The van der Waals surface area contributed by atoms with Crippen LogP contribution in [0.3, 0.4) is 0 Å². The number of hydrogen-bond donors (Lipinski definition) is 0. The Morgan fingerprint density at radius 1 is 1.24 bits per heavy atom. The lowest BCUT2D eigenvalue weighted by molar-refractivity contribution is -0.135. The second-order valence-corrected chi connectivity index (χ2v) is 6.68. The smallest absolute Gasteiger partial charge is 0.225 e. The number of carbonyl (C=O) groups is 1. The highest BCUT2D eigenvalue weighted by Crippen LogP contribution is 2.15. The highest BCUT2D eigenvalue weighted by Gasteiger charge is 2.24. The van der Waals surface area contributed by atoms with Gasteiger partial charge in [0, 0.05) is 26.7 Å². The molecule has 5 heteroatoms. The van der Waals surface area contributed by atoms with Crippen LogP contribution in [0.4, 0.5) is 0 Å². The summed E-state index contributed by atoms with van der Waals surface area (Å²) in [6.07, 6.45) is 0.354. The number of furan rings is 1. The van der Waals surface area contributed by atoms with Gasteiger partial charge in [-0.1, -0.05) is 30.3 Å². The van der Waals surface area contributed by atoms with Gasteiger partial charge in [0.25, 0.3) is 0 Å². The molecule has 1 aliphatic rings. The third-order valence-electron chi connectivity index (χ3n) is 4.49. The minimum Gasteiger partial charge on any atom is -0.464 e. The molecule has 1 saturated heterocycles.